The lowest BCUT2D eigenvalue weighted by Gasteiger charge is -2.18. The Hall–Kier alpha value is -3.00. The highest BCUT2D eigenvalue weighted by molar-refractivity contribution is 9.10. The lowest BCUT2D eigenvalue weighted by molar-refractivity contribution is 0.0929. The number of ether oxygens (including phenoxy) is 3. The zero-order valence-corrected chi connectivity index (χ0v) is 20.2. The molecule has 2 aromatic carbocycles. The summed E-state index contributed by atoms with van der Waals surface area (Å²) in [6.45, 7) is 8.95. The van der Waals surface area contributed by atoms with Crippen LogP contribution in [0.3, 0.4) is 0 Å². The normalized spacial score (nSPS) is 12.2. The molecule has 0 unspecified atom stereocenters. The predicted molar refractivity (Wildman–Crippen MR) is 128 cm³/mol. The summed E-state index contributed by atoms with van der Waals surface area (Å²) in [5.41, 5.74) is 3.83. The first-order valence-corrected chi connectivity index (χ1v) is 11.4. The van der Waals surface area contributed by atoms with Crippen LogP contribution in [0.5, 0.6) is 17.2 Å². The molecule has 0 saturated carbocycles. The number of carbonyl (C=O) groups excluding carboxylic acids is 1. The van der Waals surface area contributed by atoms with Crippen molar-refractivity contribution >= 4 is 39.0 Å². The van der Waals surface area contributed by atoms with Crippen LogP contribution in [0.25, 0.3) is 11.0 Å². The van der Waals surface area contributed by atoms with E-state index >= 15 is 0 Å². The number of benzene rings is 2. The number of hydrazone groups is 1. The predicted octanol–water partition coefficient (Wildman–Crippen LogP) is 5.93. The highest BCUT2D eigenvalue weighted by Gasteiger charge is 2.15. The van der Waals surface area contributed by atoms with Gasteiger partial charge in [0, 0.05) is 5.39 Å². The Labute approximate surface area is 195 Å². The van der Waals surface area contributed by atoms with Crippen molar-refractivity contribution in [1.82, 2.24) is 5.43 Å². The summed E-state index contributed by atoms with van der Waals surface area (Å²) in [6, 6.07) is 10.7. The lowest BCUT2D eigenvalue weighted by Crippen LogP contribution is -2.16. The Balaban J connectivity index is 1.73. The molecule has 32 heavy (non-hydrogen) atoms. The third-order valence-electron chi connectivity index (χ3n) is 4.63. The van der Waals surface area contributed by atoms with Crippen LogP contribution in [0.4, 0.5) is 0 Å². The van der Waals surface area contributed by atoms with Gasteiger partial charge in [0.25, 0.3) is 0 Å². The molecule has 1 atom stereocenters. The topological polar surface area (TPSA) is 82.3 Å². The molecule has 1 aromatic heterocycles. The number of nitrogens with one attached hydrogen (secondary N) is 1. The third kappa shape index (κ3) is 5.82. The van der Waals surface area contributed by atoms with Gasteiger partial charge in [-0.1, -0.05) is 6.92 Å². The van der Waals surface area contributed by atoms with Crippen molar-refractivity contribution in [2.45, 2.75) is 40.2 Å². The van der Waals surface area contributed by atoms with E-state index in [4.69, 9.17) is 18.6 Å². The molecule has 3 rings (SSSR count). The molecule has 0 aliphatic carbocycles. The van der Waals surface area contributed by atoms with Gasteiger partial charge >= 0.3 is 5.91 Å². The summed E-state index contributed by atoms with van der Waals surface area (Å²) in [4.78, 5) is 12.5. The van der Waals surface area contributed by atoms with Crippen molar-refractivity contribution in [2.24, 2.45) is 5.10 Å². The fourth-order valence-corrected chi connectivity index (χ4v) is 3.49. The summed E-state index contributed by atoms with van der Waals surface area (Å²) >= 11 is 3.54. The molecule has 1 amide bonds. The van der Waals surface area contributed by atoms with E-state index in [9.17, 15) is 4.79 Å². The van der Waals surface area contributed by atoms with Gasteiger partial charge in [-0.3, -0.25) is 4.79 Å². The molecule has 0 aliphatic rings. The van der Waals surface area contributed by atoms with Gasteiger partial charge in [-0.2, -0.15) is 5.10 Å². The average Bonchev–Trinajstić information content (AvgIpc) is 3.20. The zero-order valence-electron chi connectivity index (χ0n) is 18.6. The van der Waals surface area contributed by atoms with Crippen LogP contribution >= 0.6 is 15.9 Å². The number of nitrogens with zero attached hydrogens (tertiary/aromatic N) is 1. The maximum absolute atomic E-state index is 12.5. The Bertz CT molecular complexity index is 1110. The van der Waals surface area contributed by atoms with E-state index in [0.29, 0.717) is 30.3 Å². The van der Waals surface area contributed by atoms with Crippen molar-refractivity contribution < 1.29 is 23.4 Å². The summed E-state index contributed by atoms with van der Waals surface area (Å²) in [5.74, 6) is 1.70. The summed E-state index contributed by atoms with van der Waals surface area (Å²) in [5, 5.41) is 4.84. The van der Waals surface area contributed by atoms with Gasteiger partial charge in [0.15, 0.2) is 17.3 Å². The van der Waals surface area contributed by atoms with Crippen LogP contribution in [-0.2, 0) is 0 Å². The van der Waals surface area contributed by atoms with Crippen molar-refractivity contribution in [3.63, 3.8) is 0 Å². The molecule has 0 saturated heterocycles. The van der Waals surface area contributed by atoms with Gasteiger partial charge in [-0.05, 0) is 85.1 Å². The highest BCUT2D eigenvalue weighted by Crippen LogP contribution is 2.37. The van der Waals surface area contributed by atoms with Crippen molar-refractivity contribution in [1.29, 1.82) is 0 Å². The minimum Gasteiger partial charge on any atom is -0.494 e. The molecule has 7 nitrogen and oxygen atoms in total. The second-order valence-corrected chi connectivity index (χ2v) is 7.90. The fraction of sp³-hybridized carbons (Fsp3) is 0.333. The van der Waals surface area contributed by atoms with E-state index in [-0.39, 0.29) is 11.9 Å². The minimum absolute atomic E-state index is 0.0535. The van der Waals surface area contributed by atoms with E-state index in [0.717, 1.165) is 27.6 Å². The molecule has 0 spiro atoms. The van der Waals surface area contributed by atoms with Crippen LogP contribution in [0, 0.1) is 0 Å². The van der Waals surface area contributed by atoms with Crippen LogP contribution in [0.1, 0.15) is 50.2 Å². The zero-order chi connectivity index (χ0) is 23.1. The second-order valence-electron chi connectivity index (χ2n) is 7.04. The Morgan fingerprint density at radius 2 is 1.94 bits per heavy atom. The monoisotopic (exact) mass is 502 g/mol. The van der Waals surface area contributed by atoms with Crippen LogP contribution in [0.2, 0.25) is 0 Å². The van der Waals surface area contributed by atoms with Crippen LogP contribution in [-0.4, -0.2) is 31.4 Å². The first kappa shape index (κ1) is 23.7. The summed E-state index contributed by atoms with van der Waals surface area (Å²) in [6.07, 6.45) is 2.47. The third-order valence-corrected chi connectivity index (χ3v) is 5.22. The van der Waals surface area contributed by atoms with E-state index in [1.165, 1.54) is 6.21 Å². The first-order chi connectivity index (χ1) is 15.4. The van der Waals surface area contributed by atoms with Crippen molar-refractivity contribution in [3.05, 3.63) is 52.2 Å². The number of fused-ring (bicyclic) bond motifs is 1. The Kier molecular flexibility index (Phi) is 8.16. The van der Waals surface area contributed by atoms with E-state index < -0.39 is 5.91 Å². The molecule has 0 aliphatic heterocycles. The molecule has 1 N–H and O–H groups in total. The summed E-state index contributed by atoms with van der Waals surface area (Å²) < 4.78 is 23.6. The SMILES string of the molecule is CCOc1ccc2oc(C(=O)N/N=C/c3cc(Br)c(O[C@@H](C)CC)c(OCC)c3)cc2c1. The maximum Gasteiger partial charge on any atom is 0.307 e. The quantitative estimate of drug-likeness (QED) is 0.274. The number of amides is 1. The number of furan rings is 1. The molecular weight excluding hydrogens is 476 g/mol. The van der Waals surface area contributed by atoms with Gasteiger partial charge in [0.1, 0.15) is 11.3 Å². The van der Waals surface area contributed by atoms with Gasteiger partial charge in [-0.15, -0.1) is 0 Å². The van der Waals surface area contributed by atoms with Crippen molar-refractivity contribution in [2.75, 3.05) is 13.2 Å². The second kappa shape index (κ2) is 11.0. The molecule has 0 fully saturated rings. The van der Waals surface area contributed by atoms with Crippen LogP contribution < -0.4 is 19.6 Å². The molecule has 0 radical (unpaired) electrons. The van der Waals surface area contributed by atoms with E-state index in [2.05, 4.69) is 33.4 Å². The fourth-order valence-electron chi connectivity index (χ4n) is 2.93. The number of hydrogen-bond acceptors (Lipinski definition) is 6. The number of rotatable bonds is 10. The number of halogens is 1. The molecule has 8 heteroatoms. The lowest BCUT2D eigenvalue weighted by atomic mass is 10.2. The largest absolute Gasteiger partial charge is 0.494 e. The van der Waals surface area contributed by atoms with Gasteiger partial charge in [0.2, 0.25) is 0 Å². The first-order valence-electron chi connectivity index (χ1n) is 10.6. The average molecular weight is 503 g/mol. The molecular formula is C24H27BrN2O5. The highest BCUT2D eigenvalue weighted by atomic mass is 79.9. The molecule has 1 heterocycles. The van der Waals surface area contributed by atoms with Gasteiger partial charge in [0.05, 0.1) is 30.0 Å². The Morgan fingerprint density at radius 1 is 1.16 bits per heavy atom. The Morgan fingerprint density at radius 3 is 2.66 bits per heavy atom. The van der Waals surface area contributed by atoms with E-state index in [1.807, 2.05) is 39.0 Å². The van der Waals surface area contributed by atoms with Gasteiger partial charge < -0.3 is 18.6 Å². The molecule has 0 bridgehead atoms. The van der Waals surface area contributed by atoms with Gasteiger partial charge in [-0.25, -0.2) is 5.43 Å². The van der Waals surface area contributed by atoms with Crippen molar-refractivity contribution in [3.8, 4) is 17.2 Å². The molecule has 3 aromatic rings. The number of carbonyl (C=O) groups is 1. The molecule has 170 valence electrons. The van der Waals surface area contributed by atoms with E-state index in [1.54, 1.807) is 18.2 Å². The van der Waals surface area contributed by atoms with Crippen LogP contribution in [0.15, 0.2) is 50.4 Å². The number of hydrogen-bond donors (Lipinski definition) is 1. The summed E-state index contributed by atoms with van der Waals surface area (Å²) in [7, 11) is 0. The maximum atomic E-state index is 12.5. The minimum atomic E-state index is -0.448. The smallest absolute Gasteiger partial charge is 0.307 e. The standard InChI is InChI=1S/C24H27BrN2O5/c1-5-15(4)31-23-19(25)10-16(11-21(23)30-7-3)14-26-27-24(28)22-13-17-12-18(29-6-2)8-9-20(17)32-22/h8-15H,5-7H2,1-4H3,(H,27,28)/b26-14+/t15-/m0/s1.